The van der Waals surface area contributed by atoms with Crippen LogP contribution in [0.1, 0.15) is 30.4 Å². The van der Waals surface area contributed by atoms with Gasteiger partial charge in [-0.15, -0.1) is 0 Å². The molecule has 1 amide bonds. The number of carbonyl (C=O) groups is 1. The van der Waals surface area contributed by atoms with Crippen molar-refractivity contribution in [3.63, 3.8) is 0 Å². The summed E-state index contributed by atoms with van der Waals surface area (Å²) in [6, 6.07) is 22.2. The maximum Gasteiger partial charge on any atom is 0.425 e. The molecule has 3 aromatic carbocycles. The lowest BCUT2D eigenvalue weighted by atomic mass is 10.1. The van der Waals surface area contributed by atoms with Gasteiger partial charge in [0.1, 0.15) is 29.7 Å². The van der Waals surface area contributed by atoms with Crippen LogP contribution >= 0.6 is 0 Å². The maximum atomic E-state index is 13.6. The third-order valence-corrected chi connectivity index (χ3v) is 7.22. The number of methoxy groups -OCH3 is 1. The van der Waals surface area contributed by atoms with Crippen LogP contribution in [0.2, 0.25) is 0 Å². The largest absolute Gasteiger partial charge is 0.497 e. The molecule has 1 fully saturated rings. The predicted molar refractivity (Wildman–Crippen MR) is 165 cm³/mol. The summed E-state index contributed by atoms with van der Waals surface area (Å²) >= 11 is 0. The molecule has 4 aromatic rings. The topological polar surface area (TPSA) is 89.0 Å². The van der Waals surface area contributed by atoms with E-state index in [1.54, 1.807) is 43.6 Å². The molecule has 1 aliphatic rings. The third kappa shape index (κ3) is 7.36. The second kappa shape index (κ2) is 13.8. The number of aromatic nitrogens is 2. The molecule has 218 valence electrons. The van der Waals surface area contributed by atoms with Gasteiger partial charge in [-0.25, -0.2) is 14.7 Å². The number of benzene rings is 3. The quantitative estimate of drug-likeness (QED) is 0.218. The van der Waals surface area contributed by atoms with Crippen molar-refractivity contribution in [2.45, 2.75) is 33.1 Å². The van der Waals surface area contributed by atoms with E-state index in [1.165, 1.54) is 24.2 Å². The van der Waals surface area contributed by atoms with Crippen LogP contribution in [0.25, 0.3) is 0 Å². The van der Waals surface area contributed by atoms with Crippen LogP contribution in [0.5, 0.6) is 17.2 Å². The van der Waals surface area contributed by atoms with E-state index in [9.17, 15) is 4.79 Å². The first-order valence-corrected chi connectivity index (χ1v) is 14.3. The number of ether oxygens (including phenoxy) is 3. The van der Waals surface area contributed by atoms with Gasteiger partial charge in [0.05, 0.1) is 12.8 Å². The number of para-hydroxylation sites is 1. The van der Waals surface area contributed by atoms with Gasteiger partial charge in [0.15, 0.2) is 0 Å². The van der Waals surface area contributed by atoms with Gasteiger partial charge in [0, 0.05) is 24.5 Å². The molecule has 2 heterocycles. The summed E-state index contributed by atoms with van der Waals surface area (Å²) < 4.78 is 17.2. The van der Waals surface area contributed by atoms with Gasteiger partial charge in [-0.1, -0.05) is 24.6 Å². The fraction of sp³-hybridized carbons (Fsp3) is 0.303. The molecular formula is C33H37N5O4. The normalized spacial score (nSPS) is 13.3. The number of hydrogen-bond donors (Lipinski definition) is 1. The SMILES string of the molecule is COc1ccc(N(C(=O)Oc2c(C)cccc2C)c2ccnc(Nc3ccc(OCCN4CCCCC4)cc3)n2)cc1. The van der Waals surface area contributed by atoms with Gasteiger partial charge >= 0.3 is 6.09 Å². The van der Waals surface area contributed by atoms with Crippen LogP contribution in [0, 0.1) is 13.8 Å². The van der Waals surface area contributed by atoms with Crippen LogP contribution in [-0.2, 0) is 0 Å². The molecule has 1 aliphatic heterocycles. The van der Waals surface area contributed by atoms with Crippen LogP contribution in [0.3, 0.4) is 0 Å². The second-order valence-corrected chi connectivity index (χ2v) is 10.3. The van der Waals surface area contributed by atoms with E-state index in [4.69, 9.17) is 14.2 Å². The molecule has 0 aliphatic carbocycles. The van der Waals surface area contributed by atoms with Crippen molar-refractivity contribution < 1.29 is 19.0 Å². The molecule has 0 bridgehead atoms. The van der Waals surface area contributed by atoms with Gasteiger partial charge in [0.2, 0.25) is 5.95 Å². The maximum absolute atomic E-state index is 13.6. The highest BCUT2D eigenvalue weighted by molar-refractivity contribution is 5.96. The van der Waals surface area contributed by atoms with Crippen molar-refractivity contribution in [3.8, 4) is 17.2 Å². The smallest absolute Gasteiger partial charge is 0.425 e. The third-order valence-electron chi connectivity index (χ3n) is 7.22. The number of amides is 1. The lowest BCUT2D eigenvalue weighted by molar-refractivity contribution is 0.183. The Morgan fingerprint density at radius 3 is 2.29 bits per heavy atom. The molecule has 1 saturated heterocycles. The van der Waals surface area contributed by atoms with E-state index in [2.05, 4.69) is 20.2 Å². The summed E-state index contributed by atoms with van der Waals surface area (Å²) in [5.41, 5.74) is 3.09. The molecule has 9 heteroatoms. The fourth-order valence-electron chi connectivity index (χ4n) is 4.93. The van der Waals surface area contributed by atoms with E-state index in [0.29, 0.717) is 35.6 Å². The molecule has 9 nitrogen and oxygen atoms in total. The zero-order valence-electron chi connectivity index (χ0n) is 24.4. The van der Waals surface area contributed by atoms with E-state index in [1.807, 2.05) is 56.3 Å². The summed E-state index contributed by atoms with van der Waals surface area (Å²) in [6.45, 7) is 7.74. The number of nitrogens with zero attached hydrogens (tertiary/aromatic N) is 4. The summed E-state index contributed by atoms with van der Waals surface area (Å²) in [4.78, 5) is 26.5. The molecule has 0 unspecified atom stereocenters. The summed E-state index contributed by atoms with van der Waals surface area (Å²) in [7, 11) is 1.60. The van der Waals surface area contributed by atoms with Crippen molar-refractivity contribution in [2.24, 2.45) is 0 Å². The van der Waals surface area contributed by atoms with Gasteiger partial charge in [0.25, 0.3) is 0 Å². The minimum atomic E-state index is -0.590. The fourth-order valence-corrected chi connectivity index (χ4v) is 4.93. The number of rotatable bonds is 10. The van der Waals surface area contributed by atoms with Crippen LogP contribution in [0.15, 0.2) is 79.0 Å². The molecule has 1 aromatic heterocycles. The summed E-state index contributed by atoms with van der Waals surface area (Å²) in [5.74, 6) is 2.70. The lowest BCUT2D eigenvalue weighted by Gasteiger charge is -2.26. The van der Waals surface area contributed by atoms with Crippen molar-refractivity contribution in [1.29, 1.82) is 0 Å². The number of aryl methyl sites for hydroxylation is 2. The molecule has 1 N–H and O–H groups in total. The van der Waals surface area contributed by atoms with Gasteiger partial charge in [-0.3, -0.25) is 4.90 Å². The number of piperidine rings is 1. The first-order chi connectivity index (χ1) is 20.5. The highest BCUT2D eigenvalue weighted by Crippen LogP contribution is 2.30. The van der Waals surface area contributed by atoms with Gasteiger partial charge in [-0.05, 0) is 99.4 Å². The monoisotopic (exact) mass is 567 g/mol. The summed E-state index contributed by atoms with van der Waals surface area (Å²) in [6.07, 6.45) is 4.89. The summed E-state index contributed by atoms with van der Waals surface area (Å²) in [5, 5.41) is 3.23. The molecule has 5 rings (SSSR count). The van der Waals surface area contributed by atoms with Crippen molar-refractivity contribution in [2.75, 3.05) is 43.6 Å². The lowest BCUT2D eigenvalue weighted by Crippen LogP contribution is -2.33. The number of hydrogen-bond acceptors (Lipinski definition) is 8. The Balaban J connectivity index is 1.31. The first-order valence-electron chi connectivity index (χ1n) is 14.3. The first kappa shape index (κ1) is 28.9. The minimum absolute atomic E-state index is 0.338. The molecule has 0 spiro atoms. The van der Waals surface area contributed by atoms with Crippen LogP contribution in [-0.4, -0.2) is 54.3 Å². The van der Waals surface area contributed by atoms with Gasteiger partial charge < -0.3 is 19.5 Å². The average molecular weight is 568 g/mol. The minimum Gasteiger partial charge on any atom is -0.497 e. The van der Waals surface area contributed by atoms with E-state index in [-0.39, 0.29) is 0 Å². The Labute approximate surface area is 247 Å². The Bertz CT molecular complexity index is 1450. The molecular weight excluding hydrogens is 530 g/mol. The van der Waals surface area contributed by atoms with Gasteiger partial charge in [-0.2, -0.15) is 4.98 Å². The Kier molecular flexibility index (Phi) is 9.51. The van der Waals surface area contributed by atoms with Crippen molar-refractivity contribution >= 4 is 29.2 Å². The Morgan fingerprint density at radius 1 is 0.905 bits per heavy atom. The van der Waals surface area contributed by atoms with E-state index in [0.717, 1.165) is 42.2 Å². The Hall–Kier alpha value is -4.63. The molecule has 0 saturated carbocycles. The highest BCUT2D eigenvalue weighted by atomic mass is 16.6. The second-order valence-electron chi connectivity index (χ2n) is 10.3. The zero-order chi connectivity index (χ0) is 29.3. The number of nitrogens with one attached hydrogen (secondary N) is 1. The van der Waals surface area contributed by atoms with Crippen LogP contribution in [0.4, 0.5) is 27.9 Å². The van der Waals surface area contributed by atoms with Crippen molar-refractivity contribution in [3.05, 3.63) is 90.1 Å². The number of likely N-dealkylation sites (tertiary alicyclic amines) is 1. The zero-order valence-corrected chi connectivity index (χ0v) is 24.4. The Morgan fingerprint density at radius 2 is 1.60 bits per heavy atom. The van der Waals surface area contributed by atoms with Crippen LogP contribution < -0.4 is 24.4 Å². The average Bonchev–Trinajstić information content (AvgIpc) is 3.01. The standard InChI is InChI=1S/C33H37N5O4/c1-24-8-7-9-25(2)31(24)42-33(39)38(27-12-16-28(40-3)17-13-27)30-18-19-34-32(36-30)35-26-10-14-29(15-11-26)41-23-22-37-20-5-4-6-21-37/h7-19H,4-6,20-23H2,1-3H3,(H,34,35,36). The van der Waals surface area contributed by atoms with Crippen molar-refractivity contribution in [1.82, 2.24) is 14.9 Å². The number of carbonyl (C=O) groups excluding carboxylic acids is 1. The molecule has 42 heavy (non-hydrogen) atoms. The van der Waals surface area contributed by atoms with E-state index >= 15 is 0 Å². The molecule has 0 atom stereocenters. The highest BCUT2D eigenvalue weighted by Gasteiger charge is 2.24. The predicted octanol–water partition coefficient (Wildman–Crippen LogP) is 7.05. The number of anilines is 4. The van der Waals surface area contributed by atoms with E-state index < -0.39 is 6.09 Å². The molecule has 0 radical (unpaired) electrons.